The first-order valence-electron chi connectivity index (χ1n) is 5.50. The van der Waals surface area contributed by atoms with Crippen LogP contribution < -0.4 is 16.2 Å². The van der Waals surface area contributed by atoms with Crippen LogP contribution in [-0.2, 0) is 0 Å². The van der Waals surface area contributed by atoms with Crippen LogP contribution in [-0.4, -0.2) is 11.7 Å². The van der Waals surface area contributed by atoms with Gasteiger partial charge in [-0.15, -0.1) is 0 Å². The number of hydrogen-bond acceptors (Lipinski definition) is 2. The van der Waals surface area contributed by atoms with Crippen LogP contribution in [0.4, 0.5) is 5.69 Å². The Morgan fingerprint density at radius 3 is 2.69 bits per heavy atom. The molecular formula is C12H19N3S. The molecule has 0 aliphatic carbocycles. The Bertz CT molecular complexity index is 363. The number of aryl methyl sites for hydroxylation is 2. The summed E-state index contributed by atoms with van der Waals surface area (Å²) < 4.78 is 0. The van der Waals surface area contributed by atoms with E-state index in [0.717, 1.165) is 18.7 Å². The molecule has 1 aromatic carbocycles. The summed E-state index contributed by atoms with van der Waals surface area (Å²) in [5, 5.41) is 3.72. The van der Waals surface area contributed by atoms with E-state index in [9.17, 15) is 0 Å². The number of rotatable bonds is 4. The maximum absolute atomic E-state index is 5.10. The third-order valence-electron chi connectivity index (χ3n) is 2.23. The fourth-order valence-electron chi connectivity index (χ4n) is 1.36. The normalized spacial score (nSPS) is 9.69. The second-order valence-corrected chi connectivity index (χ2v) is 4.23. The zero-order chi connectivity index (χ0) is 12.0. The molecule has 16 heavy (non-hydrogen) atoms. The summed E-state index contributed by atoms with van der Waals surface area (Å²) in [6, 6.07) is 6.24. The van der Waals surface area contributed by atoms with Gasteiger partial charge in [0.05, 0.1) is 5.69 Å². The van der Waals surface area contributed by atoms with E-state index in [1.807, 2.05) is 6.07 Å². The summed E-state index contributed by atoms with van der Waals surface area (Å²) in [4.78, 5) is 0. The molecule has 0 fully saturated rings. The first kappa shape index (κ1) is 12.8. The Balaban J connectivity index is 2.45. The molecule has 0 unspecified atom stereocenters. The molecule has 0 saturated carbocycles. The van der Waals surface area contributed by atoms with E-state index in [2.05, 4.69) is 49.1 Å². The fraction of sp³-hybridized carbons (Fsp3) is 0.417. The Labute approximate surface area is 103 Å². The van der Waals surface area contributed by atoms with Crippen LogP contribution in [0.25, 0.3) is 0 Å². The molecule has 1 aromatic rings. The first-order valence-corrected chi connectivity index (χ1v) is 5.91. The van der Waals surface area contributed by atoms with Gasteiger partial charge in [0.25, 0.3) is 0 Å². The van der Waals surface area contributed by atoms with E-state index in [-0.39, 0.29) is 0 Å². The molecule has 0 aliphatic rings. The molecule has 3 nitrogen and oxygen atoms in total. The van der Waals surface area contributed by atoms with Crippen molar-refractivity contribution in [2.45, 2.75) is 27.2 Å². The van der Waals surface area contributed by atoms with Gasteiger partial charge in [-0.05, 0) is 44.1 Å². The molecule has 0 atom stereocenters. The standard InChI is InChI=1S/C12H19N3S/c1-4-7-13-12(16)15-14-11-6-5-9(2)8-10(11)3/h5-6,8,14H,4,7H2,1-3H3,(H2,13,15,16). The highest BCUT2D eigenvalue weighted by Gasteiger charge is 1.98. The van der Waals surface area contributed by atoms with E-state index in [1.54, 1.807) is 0 Å². The van der Waals surface area contributed by atoms with Gasteiger partial charge in [0.2, 0.25) is 0 Å². The van der Waals surface area contributed by atoms with Crippen molar-refractivity contribution in [1.29, 1.82) is 0 Å². The molecule has 0 spiro atoms. The third kappa shape index (κ3) is 4.06. The Hall–Kier alpha value is -1.29. The number of thiocarbonyl (C=S) groups is 1. The average molecular weight is 237 g/mol. The highest BCUT2D eigenvalue weighted by Crippen LogP contribution is 2.14. The summed E-state index contributed by atoms with van der Waals surface area (Å²) in [7, 11) is 0. The van der Waals surface area contributed by atoms with Crippen molar-refractivity contribution in [3.8, 4) is 0 Å². The van der Waals surface area contributed by atoms with Gasteiger partial charge in [-0.1, -0.05) is 24.6 Å². The van der Waals surface area contributed by atoms with Crippen LogP contribution in [0.15, 0.2) is 18.2 Å². The van der Waals surface area contributed by atoms with Gasteiger partial charge in [0.1, 0.15) is 0 Å². The predicted molar refractivity (Wildman–Crippen MR) is 73.6 cm³/mol. The largest absolute Gasteiger partial charge is 0.361 e. The lowest BCUT2D eigenvalue weighted by atomic mass is 10.1. The monoisotopic (exact) mass is 237 g/mol. The van der Waals surface area contributed by atoms with Crippen molar-refractivity contribution in [2.75, 3.05) is 12.0 Å². The molecule has 0 aliphatic heterocycles. The van der Waals surface area contributed by atoms with Crippen LogP contribution in [0, 0.1) is 13.8 Å². The maximum Gasteiger partial charge on any atom is 0.185 e. The van der Waals surface area contributed by atoms with Crippen LogP contribution >= 0.6 is 12.2 Å². The van der Waals surface area contributed by atoms with Crippen LogP contribution in [0.1, 0.15) is 24.5 Å². The van der Waals surface area contributed by atoms with Crippen molar-refractivity contribution < 1.29 is 0 Å². The van der Waals surface area contributed by atoms with Crippen LogP contribution in [0.3, 0.4) is 0 Å². The summed E-state index contributed by atoms with van der Waals surface area (Å²) >= 11 is 5.10. The van der Waals surface area contributed by atoms with Crippen molar-refractivity contribution in [3.63, 3.8) is 0 Å². The molecule has 3 N–H and O–H groups in total. The Morgan fingerprint density at radius 2 is 2.06 bits per heavy atom. The molecule has 1 rings (SSSR count). The van der Waals surface area contributed by atoms with E-state index in [4.69, 9.17) is 12.2 Å². The van der Waals surface area contributed by atoms with E-state index in [1.165, 1.54) is 11.1 Å². The molecular weight excluding hydrogens is 218 g/mol. The average Bonchev–Trinajstić information content (AvgIpc) is 2.25. The van der Waals surface area contributed by atoms with Gasteiger partial charge in [0.15, 0.2) is 5.11 Å². The Morgan fingerprint density at radius 1 is 1.31 bits per heavy atom. The number of hydrazine groups is 1. The molecule has 0 saturated heterocycles. The third-order valence-corrected chi connectivity index (χ3v) is 2.47. The SMILES string of the molecule is CCCNC(=S)NNc1ccc(C)cc1C. The molecule has 4 heteroatoms. The van der Waals surface area contributed by atoms with Crippen molar-refractivity contribution in [3.05, 3.63) is 29.3 Å². The van der Waals surface area contributed by atoms with Gasteiger partial charge in [0, 0.05) is 6.54 Å². The minimum absolute atomic E-state index is 0.627. The van der Waals surface area contributed by atoms with E-state index in [0.29, 0.717) is 5.11 Å². The quantitative estimate of drug-likeness (QED) is 0.555. The summed E-state index contributed by atoms with van der Waals surface area (Å²) in [5.74, 6) is 0. The van der Waals surface area contributed by atoms with Crippen molar-refractivity contribution in [2.24, 2.45) is 0 Å². The van der Waals surface area contributed by atoms with Crippen LogP contribution in [0.5, 0.6) is 0 Å². The minimum Gasteiger partial charge on any atom is -0.361 e. The molecule has 0 amide bonds. The van der Waals surface area contributed by atoms with Gasteiger partial charge < -0.3 is 5.32 Å². The van der Waals surface area contributed by atoms with E-state index >= 15 is 0 Å². The Kier molecular flexibility index (Phi) is 5.05. The van der Waals surface area contributed by atoms with Crippen molar-refractivity contribution >= 4 is 23.0 Å². The lowest BCUT2D eigenvalue weighted by molar-refractivity contribution is 0.826. The first-order chi connectivity index (χ1) is 7.63. The topological polar surface area (TPSA) is 36.1 Å². The smallest absolute Gasteiger partial charge is 0.185 e. The highest BCUT2D eigenvalue weighted by atomic mass is 32.1. The van der Waals surface area contributed by atoms with Crippen LogP contribution in [0.2, 0.25) is 0 Å². The summed E-state index contributed by atoms with van der Waals surface area (Å²) in [5.41, 5.74) is 9.57. The van der Waals surface area contributed by atoms with Crippen molar-refractivity contribution in [1.82, 2.24) is 10.7 Å². The number of benzene rings is 1. The highest BCUT2D eigenvalue weighted by molar-refractivity contribution is 7.80. The zero-order valence-corrected chi connectivity index (χ0v) is 10.9. The zero-order valence-electron chi connectivity index (χ0n) is 10.1. The molecule has 0 bridgehead atoms. The molecule has 0 aromatic heterocycles. The second-order valence-electron chi connectivity index (χ2n) is 3.82. The number of anilines is 1. The lowest BCUT2D eigenvalue weighted by Gasteiger charge is -2.13. The predicted octanol–water partition coefficient (Wildman–Crippen LogP) is 2.50. The summed E-state index contributed by atoms with van der Waals surface area (Å²) in [6.45, 7) is 7.14. The minimum atomic E-state index is 0.627. The van der Waals surface area contributed by atoms with E-state index < -0.39 is 0 Å². The molecule has 88 valence electrons. The molecule has 0 heterocycles. The van der Waals surface area contributed by atoms with Gasteiger partial charge in [-0.3, -0.25) is 10.9 Å². The lowest BCUT2D eigenvalue weighted by Crippen LogP contribution is -2.39. The number of hydrogen-bond donors (Lipinski definition) is 3. The van der Waals surface area contributed by atoms with Gasteiger partial charge >= 0.3 is 0 Å². The molecule has 0 radical (unpaired) electrons. The van der Waals surface area contributed by atoms with Gasteiger partial charge in [-0.25, -0.2) is 0 Å². The second kappa shape index (κ2) is 6.33. The van der Waals surface area contributed by atoms with Gasteiger partial charge in [-0.2, -0.15) is 0 Å². The fourth-order valence-corrected chi connectivity index (χ4v) is 1.51. The maximum atomic E-state index is 5.10. The number of nitrogens with one attached hydrogen (secondary N) is 3. The summed E-state index contributed by atoms with van der Waals surface area (Å²) in [6.07, 6.45) is 1.06.